The Labute approximate surface area is 227 Å². The van der Waals surface area contributed by atoms with E-state index in [4.69, 9.17) is 0 Å². The highest BCUT2D eigenvalue weighted by atomic mass is 16.3. The SMILES string of the molecule is CCC/C=C/CC/C=C/CCCC(O)C(O)C(CO)NC(=O)C(O)CCCCCC/C=C\CCCCC. The van der Waals surface area contributed by atoms with Crippen LogP contribution in [0, 0.1) is 0 Å². The predicted molar refractivity (Wildman–Crippen MR) is 154 cm³/mol. The fraction of sp³-hybridized carbons (Fsp3) is 0.774. The molecule has 37 heavy (non-hydrogen) atoms. The summed E-state index contributed by atoms with van der Waals surface area (Å²) in [6.07, 6.45) is 26.0. The van der Waals surface area contributed by atoms with Crippen molar-refractivity contribution in [3.8, 4) is 0 Å². The first kappa shape index (κ1) is 35.5. The van der Waals surface area contributed by atoms with Gasteiger partial charge in [0.05, 0.1) is 18.8 Å². The number of allylic oxidation sites excluding steroid dienone is 6. The molecular weight excluding hydrogens is 466 g/mol. The van der Waals surface area contributed by atoms with Gasteiger partial charge in [-0.1, -0.05) is 88.8 Å². The van der Waals surface area contributed by atoms with E-state index in [-0.39, 0.29) is 0 Å². The van der Waals surface area contributed by atoms with E-state index in [0.29, 0.717) is 19.3 Å². The molecule has 0 aliphatic carbocycles. The maximum Gasteiger partial charge on any atom is 0.249 e. The third-order valence-corrected chi connectivity index (χ3v) is 6.53. The Balaban J connectivity index is 4.04. The van der Waals surface area contributed by atoms with Gasteiger partial charge in [-0.25, -0.2) is 0 Å². The molecule has 0 aromatic rings. The van der Waals surface area contributed by atoms with Crippen molar-refractivity contribution in [1.29, 1.82) is 0 Å². The van der Waals surface area contributed by atoms with Gasteiger partial charge in [0.1, 0.15) is 12.2 Å². The smallest absolute Gasteiger partial charge is 0.249 e. The Kier molecular flexibility index (Phi) is 25.1. The number of aliphatic hydroxyl groups excluding tert-OH is 4. The van der Waals surface area contributed by atoms with E-state index in [0.717, 1.165) is 64.2 Å². The zero-order valence-corrected chi connectivity index (χ0v) is 23.7. The van der Waals surface area contributed by atoms with Crippen LogP contribution < -0.4 is 5.32 Å². The maximum atomic E-state index is 12.3. The van der Waals surface area contributed by atoms with Crippen molar-refractivity contribution >= 4 is 5.91 Å². The summed E-state index contributed by atoms with van der Waals surface area (Å²) in [6, 6.07) is -1.01. The monoisotopic (exact) mass is 523 g/mol. The molecule has 4 unspecified atom stereocenters. The molecule has 0 saturated heterocycles. The molecule has 6 heteroatoms. The molecule has 0 aliphatic heterocycles. The van der Waals surface area contributed by atoms with Crippen LogP contribution in [-0.4, -0.2) is 57.3 Å². The molecule has 0 spiro atoms. The Morgan fingerprint density at radius 2 is 1.19 bits per heavy atom. The molecule has 5 N–H and O–H groups in total. The standard InChI is InChI=1S/C31H57NO5/c1-3-5-7-9-11-13-15-17-19-21-23-25-29(35)31(37)32-27(26-33)30(36)28(34)24-22-20-18-16-14-12-10-8-6-4-2/h8,10-11,13,16,18,27-30,33-36H,3-7,9,12,14-15,17,19-26H2,1-2H3,(H,32,37)/b10-8+,13-11-,18-16+. The van der Waals surface area contributed by atoms with Crippen LogP contribution in [0.5, 0.6) is 0 Å². The molecule has 6 nitrogen and oxygen atoms in total. The summed E-state index contributed by atoms with van der Waals surface area (Å²) in [5.74, 6) is -0.615. The number of unbranched alkanes of at least 4 members (excludes halogenated alkanes) is 10. The largest absolute Gasteiger partial charge is 0.394 e. The molecule has 0 aromatic heterocycles. The zero-order chi connectivity index (χ0) is 27.6. The van der Waals surface area contributed by atoms with Crippen LogP contribution in [0.25, 0.3) is 0 Å². The Morgan fingerprint density at radius 3 is 1.78 bits per heavy atom. The number of rotatable bonds is 25. The van der Waals surface area contributed by atoms with Crippen molar-refractivity contribution < 1.29 is 25.2 Å². The Hall–Kier alpha value is -1.47. The quantitative estimate of drug-likeness (QED) is 0.0757. The predicted octanol–water partition coefficient (Wildman–Crippen LogP) is 5.89. The first-order valence-corrected chi connectivity index (χ1v) is 14.9. The molecule has 216 valence electrons. The lowest BCUT2D eigenvalue weighted by Crippen LogP contribution is -2.53. The van der Waals surface area contributed by atoms with Crippen molar-refractivity contribution in [2.45, 2.75) is 147 Å². The first-order valence-electron chi connectivity index (χ1n) is 14.9. The molecule has 0 rings (SSSR count). The number of hydrogen-bond acceptors (Lipinski definition) is 5. The van der Waals surface area contributed by atoms with Crippen LogP contribution in [0.4, 0.5) is 0 Å². The van der Waals surface area contributed by atoms with Gasteiger partial charge >= 0.3 is 0 Å². The zero-order valence-electron chi connectivity index (χ0n) is 23.7. The van der Waals surface area contributed by atoms with E-state index in [9.17, 15) is 25.2 Å². The van der Waals surface area contributed by atoms with Crippen LogP contribution in [0.1, 0.15) is 123 Å². The molecule has 1 amide bonds. The summed E-state index contributed by atoms with van der Waals surface area (Å²) in [5.41, 5.74) is 0. The second kappa shape index (κ2) is 26.1. The van der Waals surface area contributed by atoms with Crippen molar-refractivity contribution in [3.05, 3.63) is 36.5 Å². The molecule has 0 fully saturated rings. The van der Waals surface area contributed by atoms with E-state index in [2.05, 4.69) is 55.6 Å². The Bertz CT molecular complexity index is 604. The van der Waals surface area contributed by atoms with E-state index < -0.39 is 36.9 Å². The number of aliphatic hydroxyl groups is 4. The number of hydrogen-bond donors (Lipinski definition) is 5. The minimum atomic E-state index is -1.29. The van der Waals surface area contributed by atoms with Gasteiger partial charge in [-0.05, 0) is 70.6 Å². The van der Waals surface area contributed by atoms with E-state index >= 15 is 0 Å². The fourth-order valence-corrected chi connectivity index (χ4v) is 4.06. The molecule has 0 heterocycles. The highest BCUT2D eigenvalue weighted by Gasteiger charge is 2.28. The molecule has 0 saturated carbocycles. The normalized spacial score (nSPS) is 15.5. The van der Waals surface area contributed by atoms with Gasteiger partial charge in [-0.2, -0.15) is 0 Å². The summed E-state index contributed by atoms with van der Waals surface area (Å²) in [5, 5.41) is 43.0. The van der Waals surface area contributed by atoms with Gasteiger partial charge in [0.2, 0.25) is 5.91 Å². The lowest BCUT2D eigenvalue weighted by molar-refractivity contribution is -0.132. The van der Waals surface area contributed by atoms with E-state index in [1.54, 1.807) is 0 Å². The van der Waals surface area contributed by atoms with Crippen LogP contribution in [0.15, 0.2) is 36.5 Å². The molecule has 0 radical (unpaired) electrons. The molecule has 0 aliphatic rings. The molecule has 0 bridgehead atoms. The maximum absolute atomic E-state index is 12.3. The average molecular weight is 524 g/mol. The van der Waals surface area contributed by atoms with Gasteiger partial charge < -0.3 is 25.7 Å². The highest BCUT2D eigenvalue weighted by molar-refractivity contribution is 5.80. The van der Waals surface area contributed by atoms with E-state index in [1.165, 1.54) is 25.7 Å². The number of carbonyl (C=O) groups is 1. The lowest BCUT2D eigenvalue weighted by Gasteiger charge is -2.27. The molecule has 4 atom stereocenters. The second-order valence-electron chi connectivity index (χ2n) is 10.1. The molecular formula is C31H57NO5. The minimum Gasteiger partial charge on any atom is -0.394 e. The van der Waals surface area contributed by atoms with Crippen LogP contribution in [-0.2, 0) is 4.79 Å². The average Bonchev–Trinajstić information content (AvgIpc) is 2.90. The van der Waals surface area contributed by atoms with Crippen LogP contribution in [0.3, 0.4) is 0 Å². The van der Waals surface area contributed by atoms with Crippen LogP contribution >= 0.6 is 0 Å². The van der Waals surface area contributed by atoms with Crippen molar-refractivity contribution in [2.75, 3.05) is 6.61 Å². The first-order chi connectivity index (χ1) is 18.0. The van der Waals surface area contributed by atoms with Crippen molar-refractivity contribution in [3.63, 3.8) is 0 Å². The van der Waals surface area contributed by atoms with E-state index in [1.807, 2.05) is 0 Å². The number of carbonyl (C=O) groups excluding carboxylic acids is 1. The number of nitrogens with one attached hydrogen (secondary N) is 1. The summed E-state index contributed by atoms with van der Waals surface area (Å²) < 4.78 is 0. The third kappa shape index (κ3) is 21.2. The van der Waals surface area contributed by atoms with Crippen LogP contribution in [0.2, 0.25) is 0 Å². The van der Waals surface area contributed by atoms with Gasteiger partial charge in [0.15, 0.2) is 0 Å². The lowest BCUT2D eigenvalue weighted by atomic mass is 10.00. The van der Waals surface area contributed by atoms with Gasteiger partial charge in [0.25, 0.3) is 0 Å². The number of amides is 1. The minimum absolute atomic E-state index is 0.343. The highest BCUT2D eigenvalue weighted by Crippen LogP contribution is 2.12. The summed E-state index contributed by atoms with van der Waals surface area (Å²) in [4.78, 5) is 12.3. The summed E-state index contributed by atoms with van der Waals surface area (Å²) in [6.45, 7) is 3.86. The van der Waals surface area contributed by atoms with Gasteiger partial charge in [-0.15, -0.1) is 0 Å². The summed E-state index contributed by atoms with van der Waals surface area (Å²) >= 11 is 0. The Morgan fingerprint density at radius 1 is 0.649 bits per heavy atom. The fourth-order valence-electron chi connectivity index (χ4n) is 4.06. The summed E-state index contributed by atoms with van der Waals surface area (Å²) in [7, 11) is 0. The van der Waals surface area contributed by atoms with Crippen molar-refractivity contribution in [1.82, 2.24) is 5.32 Å². The third-order valence-electron chi connectivity index (χ3n) is 6.53. The molecule has 0 aromatic carbocycles. The van der Waals surface area contributed by atoms with Gasteiger partial charge in [0, 0.05) is 0 Å². The van der Waals surface area contributed by atoms with Crippen molar-refractivity contribution in [2.24, 2.45) is 0 Å². The topological polar surface area (TPSA) is 110 Å². The second-order valence-corrected chi connectivity index (χ2v) is 10.1. The van der Waals surface area contributed by atoms with Gasteiger partial charge in [-0.3, -0.25) is 4.79 Å².